The summed E-state index contributed by atoms with van der Waals surface area (Å²) >= 11 is 1.97. The van der Waals surface area contributed by atoms with Gasteiger partial charge in [-0.25, -0.2) is 0 Å². The van der Waals surface area contributed by atoms with E-state index in [-0.39, 0.29) is 0 Å². The minimum Gasteiger partial charge on any atom is -0.365 e. The highest BCUT2D eigenvalue weighted by atomic mass is 127. The highest BCUT2D eigenvalue weighted by Crippen LogP contribution is 2.67. The minimum atomic E-state index is -5.17. The van der Waals surface area contributed by atoms with Crippen molar-refractivity contribution in [2.75, 3.05) is 6.66 Å². The molecule has 0 bridgehead atoms. The van der Waals surface area contributed by atoms with Crippen LogP contribution in [0.4, 0.5) is 0 Å². The Morgan fingerprint density at radius 2 is 1.94 bits per heavy atom. The second kappa shape index (κ2) is 5.28. The Balaban J connectivity index is 3.25. The number of hydrogen-bond acceptors (Lipinski definition) is 3. The van der Waals surface area contributed by atoms with Crippen molar-refractivity contribution in [3.05, 3.63) is 28.1 Å². The van der Waals surface area contributed by atoms with Crippen molar-refractivity contribution in [3.63, 3.8) is 0 Å². The Morgan fingerprint density at radius 3 is 2.33 bits per heavy atom. The smallest absolute Gasteiger partial charge is 0.365 e. The molecular formula is C8H13INO6P2+. The lowest BCUT2D eigenvalue weighted by Gasteiger charge is -2.27. The molecule has 0 aliphatic rings. The van der Waals surface area contributed by atoms with Crippen molar-refractivity contribution >= 4 is 37.6 Å². The van der Waals surface area contributed by atoms with E-state index in [1.807, 2.05) is 22.6 Å². The maximum Gasteiger partial charge on any atom is 0.373 e. The first-order chi connectivity index (χ1) is 7.97. The van der Waals surface area contributed by atoms with Crippen LogP contribution in [-0.4, -0.2) is 31.5 Å². The average molecular weight is 408 g/mol. The summed E-state index contributed by atoms with van der Waals surface area (Å²) in [7, 11) is -9.59. The van der Waals surface area contributed by atoms with Crippen LogP contribution >= 0.6 is 37.6 Å². The lowest BCUT2D eigenvalue weighted by molar-refractivity contribution is -0.703. The van der Waals surface area contributed by atoms with Crippen LogP contribution in [0.2, 0.25) is 0 Å². The van der Waals surface area contributed by atoms with E-state index in [0.29, 0.717) is 0 Å². The van der Waals surface area contributed by atoms with Crippen LogP contribution in [0.25, 0.3) is 0 Å². The topological polar surface area (TPSA) is 119 Å². The normalized spacial score (nSPS) is 19.0. The van der Waals surface area contributed by atoms with Gasteiger partial charge < -0.3 is 19.8 Å². The molecule has 2 unspecified atom stereocenters. The second-order valence-corrected chi connectivity index (χ2v) is 9.82. The summed E-state index contributed by atoms with van der Waals surface area (Å²) in [4.78, 5) is 27.6. The van der Waals surface area contributed by atoms with E-state index in [9.17, 15) is 19.1 Å². The molecule has 1 heterocycles. The molecule has 102 valence electrons. The molecule has 18 heavy (non-hydrogen) atoms. The summed E-state index contributed by atoms with van der Waals surface area (Å²) in [6.07, 6.45) is 2.94. The van der Waals surface area contributed by atoms with Crippen molar-refractivity contribution in [2.24, 2.45) is 0 Å². The van der Waals surface area contributed by atoms with Gasteiger partial charge in [-0.1, -0.05) is 0 Å². The Morgan fingerprint density at radius 1 is 1.39 bits per heavy atom. The zero-order valence-electron chi connectivity index (χ0n) is 9.34. The van der Waals surface area contributed by atoms with Crippen molar-refractivity contribution in [1.29, 1.82) is 0 Å². The molecule has 1 rings (SSSR count). The van der Waals surface area contributed by atoms with E-state index in [2.05, 4.69) is 0 Å². The van der Waals surface area contributed by atoms with Crippen LogP contribution in [-0.2, 0) is 15.7 Å². The molecule has 0 amide bonds. The lowest BCUT2D eigenvalue weighted by Crippen LogP contribution is -2.47. The van der Waals surface area contributed by atoms with E-state index < -0.39 is 26.6 Å². The molecule has 0 radical (unpaired) electrons. The quantitative estimate of drug-likeness (QED) is 0.324. The SMILES string of the molecule is CP(=O)(O)C(O)(C[n+]1cccc(I)c1)P(=O)(O)O. The molecule has 0 aromatic carbocycles. The van der Waals surface area contributed by atoms with Crippen LogP contribution in [0.3, 0.4) is 0 Å². The Hall–Kier alpha value is 0.180. The first kappa shape index (κ1) is 16.2. The standard InChI is InChI=1S/C8H12INO6P2/c1-17(12,13)8(11,18(14,15)16)6-10-4-2-3-7(9)5-10/h2-5,11H,6H2,1H3,(H2-,12,13,14,15,16)/p+1. The van der Waals surface area contributed by atoms with E-state index in [1.165, 1.54) is 17.0 Å². The fourth-order valence-corrected chi connectivity index (χ4v) is 4.57. The van der Waals surface area contributed by atoms with Crippen LogP contribution in [0.15, 0.2) is 24.5 Å². The predicted molar refractivity (Wildman–Crippen MR) is 72.1 cm³/mol. The molecule has 7 nitrogen and oxygen atoms in total. The molecule has 10 heteroatoms. The van der Waals surface area contributed by atoms with Gasteiger partial charge in [0.05, 0.1) is 3.57 Å². The van der Waals surface area contributed by atoms with Gasteiger partial charge in [0.25, 0.3) is 0 Å². The Labute approximate surface area is 117 Å². The third kappa shape index (κ3) is 3.39. The van der Waals surface area contributed by atoms with Crippen molar-refractivity contribution < 1.29 is 33.5 Å². The van der Waals surface area contributed by atoms with Crippen LogP contribution in [0.1, 0.15) is 0 Å². The predicted octanol–water partition coefficient (Wildman–Crippen LogP) is 0.303. The molecule has 2 atom stereocenters. The Bertz CT molecular complexity index is 516. The third-order valence-electron chi connectivity index (χ3n) is 2.35. The van der Waals surface area contributed by atoms with Gasteiger partial charge in [0.2, 0.25) is 7.37 Å². The number of hydrogen-bond donors (Lipinski definition) is 4. The van der Waals surface area contributed by atoms with Crippen LogP contribution in [0.5, 0.6) is 0 Å². The van der Waals surface area contributed by atoms with Gasteiger partial charge in [-0.2, -0.15) is 4.57 Å². The molecule has 4 N–H and O–H groups in total. The number of pyridine rings is 1. The summed E-state index contributed by atoms with van der Waals surface area (Å²) in [6, 6.07) is 3.33. The maximum absolute atomic E-state index is 11.6. The second-order valence-electron chi connectivity index (χ2n) is 3.89. The van der Waals surface area contributed by atoms with E-state index in [4.69, 9.17) is 9.79 Å². The summed E-state index contributed by atoms with van der Waals surface area (Å²) < 4.78 is 24.9. The largest absolute Gasteiger partial charge is 0.373 e. The minimum absolute atomic E-state index is 0.668. The molecule has 1 aromatic rings. The number of nitrogens with zero attached hydrogens (tertiary/aromatic N) is 1. The molecule has 0 aliphatic heterocycles. The fraction of sp³-hybridized carbons (Fsp3) is 0.375. The van der Waals surface area contributed by atoms with E-state index >= 15 is 0 Å². The summed E-state index contributed by atoms with van der Waals surface area (Å²) in [6.45, 7) is 0.0545. The van der Waals surface area contributed by atoms with Crippen molar-refractivity contribution in [1.82, 2.24) is 0 Å². The molecule has 0 spiro atoms. The lowest BCUT2D eigenvalue weighted by atomic mass is 10.5. The van der Waals surface area contributed by atoms with Crippen molar-refractivity contribution in [2.45, 2.75) is 11.6 Å². The highest BCUT2D eigenvalue weighted by molar-refractivity contribution is 14.1. The van der Waals surface area contributed by atoms with Gasteiger partial charge in [-0.15, -0.1) is 0 Å². The van der Waals surface area contributed by atoms with Gasteiger partial charge in [0.15, 0.2) is 18.9 Å². The monoisotopic (exact) mass is 408 g/mol. The summed E-state index contributed by atoms with van der Waals surface area (Å²) in [5.41, 5.74) is 0. The van der Waals surface area contributed by atoms with E-state index in [1.54, 1.807) is 12.1 Å². The number of rotatable bonds is 4. The molecular weight excluding hydrogens is 395 g/mol. The zero-order chi connectivity index (χ0) is 14.2. The van der Waals surface area contributed by atoms with Gasteiger partial charge in [-0.05, 0) is 28.7 Å². The molecule has 0 fully saturated rings. The third-order valence-corrected chi connectivity index (χ3v) is 7.43. The van der Waals surface area contributed by atoms with Crippen LogP contribution in [0, 0.1) is 3.57 Å². The molecule has 0 aliphatic carbocycles. The average Bonchev–Trinajstić information content (AvgIpc) is 2.13. The first-order valence-corrected chi connectivity index (χ1v) is 9.50. The van der Waals surface area contributed by atoms with Crippen molar-refractivity contribution in [3.8, 4) is 0 Å². The first-order valence-electron chi connectivity index (χ1n) is 4.70. The number of aliphatic hydroxyl groups is 1. The van der Waals surface area contributed by atoms with Gasteiger partial charge in [0.1, 0.15) is 0 Å². The molecule has 0 saturated carbocycles. The molecule has 1 aromatic heterocycles. The Kier molecular flexibility index (Phi) is 4.76. The van der Waals surface area contributed by atoms with Gasteiger partial charge in [0, 0.05) is 12.7 Å². The molecule has 0 saturated heterocycles. The van der Waals surface area contributed by atoms with E-state index in [0.717, 1.165) is 10.2 Å². The number of aromatic nitrogens is 1. The fourth-order valence-electron chi connectivity index (χ4n) is 1.30. The summed E-state index contributed by atoms with van der Waals surface area (Å²) in [5, 5.41) is 6.94. The van der Waals surface area contributed by atoms with Crippen LogP contribution < -0.4 is 4.57 Å². The van der Waals surface area contributed by atoms with Gasteiger partial charge in [-0.3, -0.25) is 9.13 Å². The highest BCUT2D eigenvalue weighted by Gasteiger charge is 2.60. The maximum atomic E-state index is 11.6. The number of halogens is 1. The zero-order valence-corrected chi connectivity index (χ0v) is 13.3. The van der Waals surface area contributed by atoms with Gasteiger partial charge >= 0.3 is 12.7 Å². The summed E-state index contributed by atoms with van der Waals surface area (Å²) in [5.74, 6) is 0.